The van der Waals surface area contributed by atoms with Gasteiger partial charge in [-0.3, -0.25) is 25.0 Å². The van der Waals surface area contributed by atoms with Crippen molar-refractivity contribution in [3.05, 3.63) is 103 Å². The number of methoxy groups -OCH3 is 1. The summed E-state index contributed by atoms with van der Waals surface area (Å²) in [4.78, 5) is 33.1. The average molecular weight is 525 g/mol. The van der Waals surface area contributed by atoms with Crippen molar-refractivity contribution in [2.75, 3.05) is 7.11 Å². The number of benzene rings is 3. The van der Waals surface area contributed by atoms with E-state index in [0.29, 0.717) is 27.8 Å². The van der Waals surface area contributed by atoms with Crippen LogP contribution in [0.2, 0.25) is 5.02 Å². The number of nitro benzene ring substituents is 2. The van der Waals surface area contributed by atoms with E-state index in [9.17, 15) is 25.0 Å². The van der Waals surface area contributed by atoms with E-state index in [0.717, 1.165) is 0 Å². The lowest BCUT2D eigenvalue weighted by Gasteiger charge is -2.13. The third-order valence-corrected chi connectivity index (χ3v) is 5.38. The van der Waals surface area contributed by atoms with Gasteiger partial charge in [-0.05, 0) is 47.5 Å². The highest BCUT2D eigenvalue weighted by atomic mass is 35.5. The fraction of sp³-hybridized carbons (Fsp3) is 0.0833. The van der Waals surface area contributed by atoms with Crippen LogP contribution in [-0.4, -0.2) is 29.1 Å². The van der Waals surface area contributed by atoms with E-state index in [1.807, 2.05) is 0 Å². The molecule has 0 aliphatic carbocycles. The van der Waals surface area contributed by atoms with Crippen LogP contribution in [-0.2, 0) is 6.61 Å². The normalized spacial score (nSPS) is 11.0. The first kappa shape index (κ1) is 25.1. The number of ether oxygens (including phenoxy) is 2. The molecule has 0 fully saturated rings. The largest absolute Gasteiger partial charge is 0.493 e. The first-order valence-corrected chi connectivity index (χ1v) is 10.9. The van der Waals surface area contributed by atoms with Gasteiger partial charge in [0.1, 0.15) is 12.2 Å². The van der Waals surface area contributed by atoms with E-state index >= 15 is 0 Å². The van der Waals surface area contributed by atoms with Gasteiger partial charge in [-0.1, -0.05) is 11.6 Å². The molecule has 188 valence electrons. The quantitative estimate of drug-likeness (QED) is 0.176. The number of non-ortho nitro benzene ring substituents is 2. The van der Waals surface area contributed by atoms with E-state index in [-0.39, 0.29) is 34.5 Å². The molecule has 1 N–H and O–H groups in total. The van der Waals surface area contributed by atoms with Gasteiger partial charge >= 0.3 is 5.91 Å². The zero-order valence-corrected chi connectivity index (χ0v) is 19.8. The van der Waals surface area contributed by atoms with Crippen molar-refractivity contribution in [2.24, 2.45) is 5.10 Å². The minimum atomic E-state index is -0.656. The van der Waals surface area contributed by atoms with Crippen LogP contribution in [0.3, 0.4) is 0 Å². The Labute approximate surface area is 213 Å². The molecule has 0 unspecified atom stereocenters. The summed E-state index contributed by atoms with van der Waals surface area (Å²) in [5.41, 5.74) is 3.67. The maximum absolute atomic E-state index is 12.4. The fourth-order valence-electron chi connectivity index (χ4n) is 3.30. The molecule has 0 spiro atoms. The number of amides is 1. The number of fused-ring (bicyclic) bond motifs is 1. The van der Waals surface area contributed by atoms with E-state index in [4.69, 9.17) is 25.5 Å². The lowest BCUT2D eigenvalue weighted by atomic mass is 10.2. The summed E-state index contributed by atoms with van der Waals surface area (Å²) in [7, 11) is 1.43. The molecule has 0 bridgehead atoms. The minimum Gasteiger partial charge on any atom is -0.493 e. The number of carbonyl (C=O) groups is 1. The standard InChI is InChI=1S/C24H17ClN4O8/c1-35-21-9-15(8-19(25)23(21)36-13-14-2-4-17(5-3-14)28(31)32)12-26-27-24(30)22-11-16-10-18(29(33)34)6-7-20(16)37-22/h2-12H,13H2,1H3,(H,27,30)/b26-12-. The van der Waals surface area contributed by atoms with Crippen molar-refractivity contribution in [3.63, 3.8) is 0 Å². The molecule has 1 amide bonds. The molecule has 1 heterocycles. The number of nitro groups is 2. The van der Waals surface area contributed by atoms with Gasteiger partial charge in [-0.2, -0.15) is 5.10 Å². The Bertz CT molecular complexity index is 1530. The van der Waals surface area contributed by atoms with Crippen LogP contribution in [0.1, 0.15) is 21.7 Å². The first-order valence-electron chi connectivity index (χ1n) is 10.5. The van der Waals surface area contributed by atoms with Crippen LogP contribution in [0.15, 0.2) is 70.2 Å². The predicted molar refractivity (Wildman–Crippen MR) is 133 cm³/mol. The summed E-state index contributed by atoms with van der Waals surface area (Å²) < 4.78 is 16.5. The maximum atomic E-state index is 12.4. The monoisotopic (exact) mass is 524 g/mol. The summed E-state index contributed by atoms with van der Waals surface area (Å²) in [5, 5.41) is 26.2. The van der Waals surface area contributed by atoms with Gasteiger partial charge in [-0.15, -0.1) is 0 Å². The van der Waals surface area contributed by atoms with Gasteiger partial charge in [0.15, 0.2) is 17.3 Å². The summed E-state index contributed by atoms with van der Waals surface area (Å²) in [6, 6.07) is 14.4. The van der Waals surface area contributed by atoms with Crippen molar-refractivity contribution < 1.29 is 28.5 Å². The van der Waals surface area contributed by atoms with E-state index in [1.54, 1.807) is 24.3 Å². The Morgan fingerprint density at radius 2 is 1.76 bits per heavy atom. The Balaban J connectivity index is 1.43. The molecule has 0 radical (unpaired) electrons. The third-order valence-electron chi connectivity index (χ3n) is 5.10. The van der Waals surface area contributed by atoms with Crippen LogP contribution in [0.5, 0.6) is 11.5 Å². The van der Waals surface area contributed by atoms with Crippen LogP contribution < -0.4 is 14.9 Å². The number of carbonyl (C=O) groups excluding carboxylic acids is 1. The molecular formula is C24H17ClN4O8. The van der Waals surface area contributed by atoms with Gasteiger partial charge in [0, 0.05) is 29.7 Å². The second-order valence-electron chi connectivity index (χ2n) is 7.54. The molecule has 0 aliphatic heterocycles. The molecule has 0 saturated heterocycles. The Morgan fingerprint density at radius 3 is 2.43 bits per heavy atom. The average Bonchev–Trinajstić information content (AvgIpc) is 3.31. The number of hydrogen-bond acceptors (Lipinski definition) is 9. The van der Waals surface area contributed by atoms with Crippen LogP contribution in [0.25, 0.3) is 11.0 Å². The fourth-order valence-corrected chi connectivity index (χ4v) is 3.57. The lowest BCUT2D eigenvalue weighted by Crippen LogP contribution is -2.16. The molecule has 3 aromatic carbocycles. The van der Waals surface area contributed by atoms with Gasteiger partial charge < -0.3 is 13.9 Å². The molecule has 4 aromatic rings. The zero-order chi connectivity index (χ0) is 26.5. The van der Waals surface area contributed by atoms with Crippen molar-refractivity contribution >= 4 is 46.1 Å². The molecular weight excluding hydrogens is 508 g/mol. The van der Waals surface area contributed by atoms with Crippen LogP contribution in [0.4, 0.5) is 11.4 Å². The number of hydrazone groups is 1. The molecule has 0 atom stereocenters. The van der Waals surface area contributed by atoms with E-state index in [1.165, 1.54) is 49.7 Å². The molecule has 0 saturated carbocycles. The van der Waals surface area contributed by atoms with Crippen LogP contribution in [0, 0.1) is 20.2 Å². The number of furan rings is 1. The number of nitrogens with one attached hydrogen (secondary N) is 1. The van der Waals surface area contributed by atoms with Crippen molar-refractivity contribution in [1.29, 1.82) is 0 Å². The minimum absolute atomic E-state index is 0.0283. The molecule has 4 rings (SSSR count). The number of nitrogens with zero attached hydrogens (tertiary/aromatic N) is 3. The molecule has 37 heavy (non-hydrogen) atoms. The molecule has 13 heteroatoms. The van der Waals surface area contributed by atoms with E-state index < -0.39 is 15.8 Å². The summed E-state index contributed by atoms with van der Waals surface area (Å²) in [6.45, 7) is 0.0955. The lowest BCUT2D eigenvalue weighted by molar-refractivity contribution is -0.385. The third kappa shape index (κ3) is 5.82. The smallest absolute Gasteiger partial charge is 0.307 e. The highest BCUT2D eigenvalue weighted by Gasteiger charge is 2.15. The second kappa shape index (κ2) is 10.7. The topological polar surface area (TPSA) is 159 Å². The molecule has 12 nitrogen and oxygen atoms in total. The summed E-state index contributed by atoms with van der Waals surface area (Å²) in [6.07, 6.45) is 1.33. The van der Waals surface area contributed by atoms with E-state index in [2.05, 4.69) is 10.5 Å². The Morgan fingerprint density at radius 1 is 1.05 bits per heavy atom. The van der Waals surface area contributed by atoms with Gasteiger partial charge in [0.05, 0.1) is 28.2 Å². The maximum Gasteiger partial charge on any atom is 0.307 e. The predicted octanol–water partition coefficient (Wildman–Crippen LogP) is 5.25. The SMILES string of the molecule is COc1cc(/C=N\NC(=O)c2cc3cc([N+](=O)[O-])ccc3o2)cc(Cl)c1OCc1ccc([N+](=O)[O-])cc1. The number of rotatable bonds is 9. The van der Waals surface area contributed by atoms with Gasteiger partial charge in [0.2, 0.25) is 0 Å². The summed E-state index contributed by atoms with van der Waals surface area (Å²) >= 11 is 6.36. The summed E-state index contributed by atoms with van der Waals surface area (Å²) in [5.74, 6) is -0.157. The van der Waals surface area contributed by atoms with Crippen molar-refractivity contribution in [1.82, 2.24) is 5.43 Å². The van der Waals surface area contributed by atoms with Crippen LogP contribution >= 0.6 is 11.6 Å². The molecule has 1 aromatic heterocycles. The Hall–Kier alpha value is -4.97. The number of hydrogen-bond donors (Lipinski definition) is 1. The number of halogens is 1. The van der Waals surface area contributed by atoms with Gasteiger partial charge in [0.25, 0.3) is 11.4 Å². The molecule has 0 aliphatic rings. The Kier molecular flexibility index (Phi) is 7.30. The van der Waals surface area contributed by atoms with Crippen molar-refractivity contribution in [3.8, 4) is 11.5 Å². The highest BCUT2D eigenvalue weighted by molar-refractivity contribution is 6.32. The highest BCUT2D eigenvalue weighted by Crippen LogP contribution is 2.36. The second-order valence-corrected chi connectivity index (χ2v) is 7.94. The van der Waals surface area contributed by atoms with Gasteiger partial charge in [-0.25, -0.2) is 5.43 Å². The first-order chi connectivity index (χ1) is 17.7. The zero-order valence-electron chi connectivity index (χ0n) is 19.0. The van der Waals surface area contributed by atoms with Crippen molar-refractivity contribution in [2.45, 2.75) is 6.61 Å².